The molecule has 0 aromatic heterocycles. The Labute approximate surface area is 125 Å². The number of rotatable bonds is 5. The van der Waals surface area contributed by atoms with Gasteiger partial charge in [-0.1, -0.05) is 41.1 Å². The van der Waals surface area contributed by atoms with Crippen molar-refractivity contribution in [1.82, 2.24) is 10.2 Å². The van der Waals surface area contributed by atoms with E-state index in [0.717, 1.165) is 6.54 Å². The maximum Gasteiger partial charge on any atom is 0.0242 e. The Balaban J connectivity index is 1.96. The lowest BCUT2D eigenvalue weighted by molar-refractivity contribution is 0.124. The summed E-state index contributed by atoms with van der Waals surface area (Å²) in [6.07, 6.45) is 3.94. The molecular weight excluding hydrogens is 300 g/mol. The predicted octanol–water partition coefficient (Wildman–Crippen LogP) is 3.66. The van der Waals surface area contributed by atoms with Crippen LogP contribution in [0.15, 0.2) is 28.7 Å². The molecule has 1 saturated heterocycles. The molecule has 0 radical (unpaired) electrons. The second-order valence-electron chi connectivity index (χ2n) is 5.90. The van der Waals surface area contributed by atoms with Gasteiger partial charge in [0, 0.05) is 24.1 Å². The third kappa shape index (κ3) is 4.04. The monoisotopic (exact) mass is 324 g/mol. The summed E-state index contributed by atoms with van der Waals surface area (Å²) in [4.78, 5) is 2.47. The van der Waals surface area contributed by atoms with Gasteiger partial charge in [0.2, 0.25) is 0 Å². The summed E-state index contributed by atoms with van der Waals surface area (Å²) in [5.74, 6) is 0. The highest BCUT2D eigenvalue weighted by molar-refractivity contribution is 9.10. The zero-order valence-corrected chi connectivity index (χ0v) is 13.7. The molecule has 1 unspecified atom stereocenters. The van der Waals surface area contributed by atoms with Crippen LogP contribution in [-0.4, -0.2) is 31.6 Å². The minimum atomic E-state index is 0.467. The van der Waals surface area contributed by atoms with E-state index >= 15 is 0 Å². The molecule has 1 aromatic carbocycles. The molecule has 0 saturated carbocycles. The van der Waals surface area contributed by atoms with Gasteiger partial charge in [0.15, 0.2) is 0 Å². The maximum atomic E-state index is 3.64. The summed E-state index contributed by atoms with van der Waals surface area (Å²) in [6.45, 7) is 6.89. The Morgan fingerprint density at radius 2 is 2.16 bits per heavy atom. The van der Waals surface area contributed by atoms with Crippen molar-refractivity contribution in [1.29, 1.82) is 0 Å². The van der Waals surface area contributed by atoms with Crippen LogP contribution in [0.4, 0.5) is 0 Å². The second-order valence-corrected chi connectivity index (χ2v) is 6.75. The first-order valence-electron chi connectivity index (χ1n) is 7.28. The largest absolute Gasteiger partial charge is 0.316 e. The maximum absolute atomic E-state index is 3.64. The van der Waals surface area contributed by atoms with Crippen molar-refractivity contribution in [3.8, 4) is 0 Å². The molecule has 1 aliphatic heterocycles. The van der Waals surface area contributed by atoms with Crippen molar-refractivity contribution in [2.24, 2.45) is 5.41 Å². The van der Waals surface area contributed by atoms with E-state index in [0.29, 0.717) is 5.41 Å². The lowest BCUT2D eigenvalue weighted by Crippen LogP contribution is -2.46. The highest BCUT2D eigenvalue weighted by Crippen LogP contribution is 2.31. The van der Waals surface area contributed by atoms with Gasteiger partial charge in [0.1, 0.15) is 0 Å². The van der Waals surface area contributed by atoms with Crippen molar-refractivity contribution in [3.63, 3.8) is 0 Å². The smallest absolute Gasteiger partial charge is 0.0242 e. The molecule has 1 heterocycles. The molecule has 3 heteroatoms. The van der Waals surface area contributed by atoms with Crippen LogP contribution in [-0.2, 0) is 6.54 Å². The summed E-state index contributed by atoms with van der Waals surface area (Å²) >= 11 is 3.64. The van der Waals surface area contributed by atoms with E-state index in [4.69, 9.17) is 0 Å². The van der Waals surface area contributed by atoms with E-state index in [1.807, 2.05) is 0 Å². The van der Waals surface area contributed by atoms with Crippen LogP contribution in [0.2, 0.25) is 0 Å². The zero-order chi connectivity index (χ0) is 13.7. The van der Waals surface area contributed by atoms with E-state index in [1.165, 1.54) is 48.9 Å². The molecule has 1 N–H and O–H groups in total. The molecule has 1 fully saturated rings. The first-order valence-corrected chi connectivity index (χ1v) is 8.07. The normalized spacial score (nSPS) is 23.8. The predicted molar refractivity (Wildman–Crippen MR) is 85.3 cm³/mol. The molecule has 0 bridgehead atoms. The summed E-state index contributed by atoms with van der Waals surface area (Å²) in [5.41, 5.74) is 1.84. The van der Waals surface area contributed by atoms with Gasteiger partial charge < -0.3 is 10.2 Å². The van der Waals surface area contributed by atoms with Gasteiger partial charge in [0.25, 0.3) is 0 Å². The fourth-order valence-electron chi connectivity index (χ4n) is 3.12. The van der Waals surface area contributed by atoms with Crippen molar-refractivity contribution >= 4 is 15.9 Å². The van der Waals surface area contributed by atoms with E-state index < -0.39 is 0 Å². The molecule has 1 aliphatic rings. The van der Waals surface area contributed by atoms with Crippen molar-refractivity contribution in [2.75, 3.05) is 26.7 Å². The molecule has 2 nitrogen and oxygen atoms in total. The molecule has 2 rings (SSSR count). The third-order valence-corrected chi connectivity index (χ3v) is 5.09. The number of hydrogen-bond acceptors (Lipinski definition) is 2. The Morgan fingerprint density at radius 3 is 2.79 bits per heavy atom. The van der Waals surface area contributed by atoms with Gasteiger partial charge in [-0.2, -0.15) is 0 Å². The van der Waals surface area contributed by atoms with Crippen LogP contribution in [0.25, 0.3) is 0 Å². The van der Waals surface area contributed by atoms with E-state index in [-0.39, 0.29) is 0 Å². The number of halogens is 1. The Kier molecular flexibility index (Phi) is 5.43. The first-order chi connectivity index (χ1) is 9.15. The fourth-order valence-corrected chi connectivity index (χ4v) is 3.53. The quantitative estimate of drug-likeness (QED) is 0.889. The van der Waals surface area contributed by atoms with Gasteiger partial charge in [-0.3, -0.25) is 0 Å². The van der Waals surface area contributed by atoms with Crippen LogP contribution < -0.4 is 5.32 Å². The fraction of sp³-hybridized carbons (Fsp3) is 0.625. The SMILES string of the molecule is CCC1(CN(C)Cc2ccccc2Br)CCCNC1. The van der Waals surface area contributed by atoms with Gasteiger partial charge in [-0.15, -0.1) is 0 Å². The minimum Gasteiger partial charge on any atom is -0.316 e. The van der Waals surface area contributed by atoms with Gasteiger partial charge in [-0.05, 0) is 49.9 Å². The third-order valence-electron chi connectivity index (χ3n) is 4.31. The number of hydrogen-bond donors (Lipinski definition) is 1. The Hall–Kier alpha value is -0.380. The average Bonchev–Trinajstić information content (AvgIpc) is 2.42. The summed E-state index contributed by atoms with van der Waals surface area (Å²) in [7, 11) is 2.24. The second kappa shape index (κ2) is 6.87. The summed E-state index contributed by atoms with van der Waals surface area (Å²) < 4.78 is 1.22. The Morgan fingerprint density at radius 1 is 1.37 bits per heavy atom. The van der Waals surface area contributed by atoms with Gasteiger partial charge in [-0.25, -0.2) is 0 Å². The highest BCUT2D eigenvalue weighted by atomic mass is 79.9. The van der Waals surface area contributed by atoms with Crippen LogP contribution in [0.5, 0.6) is 0 Å². The molecule has 19 heavy (non-hydrogen) atoms. The van der Waals surface area contributed by atoms with Crippen LogP contribution in [0.3, 0.4) is 0 Å². The lowest BCUT2D eigenvalue weighted by atomic mass is 9.78. The molecule has 0 aliphatic carbocycles. The number of benzene rings is 1. The van der Waals surface area contributed by atoms with Gasteiger partial charge >= 0.3 is 0 Å². The average molecular weight is 325 g/mol. The Bertz CT molecular complexity index is 399. The van der Waals surface area contributed by atoms with Crippen LogP contribution in [0, 0.1) is 5.41 Å². The summed E-state index contributed by atoms with van der Waals surface area (Å²) in [6, 6.07) is 8.52. The number of piperidine rings is 1. The molecule has 106 valence electrons. The van der Waals surface area contributed by atoms with Crippen molar-refractivity contribution < 1.29 is 0 Å². The molecule has 0 amide bonds. The standard InChI is InChI=1S/C16H25BrN2/c1-3-16(9-6-10-18-12-16)13-19(2)11-14-7-4-5-8-15(14)17/h4-5,7-8,18H,3,6,9-13H2,1-2H3. The van der Waals surface area contributed by atoms with Crippen molar-refractivity contribution in [2.45, 2.75) is 32.7 Å². The van der Waals surface area contributed by atoms with Gasteiger partial charge in [0.05, 0.1) is 0 Å². The number of nitrogens with zero attached hydrogens (tertiary/aromatic N) is 1. The highest BCUT2D eigenvalue weighted by Gasteiger charge is 2.31. The molecule has 0 spiro atoms. The molecular formula is C16H25BrN2. The van der Waals surface area contributed by atoms with Crippen LogP contribution >= 0.6 is 15.9 Å². The topological polar surface area (TPSA) is 15.3 Å². The minimum absolute atomic E-state index is 0.467. The van der Waals surface area contributed by atoms with E-state index in [9.17, 15) is 0 Å². The first kappa shape index (κ1) is 15.0. The molecule has 1 atom stereocenters. The van der Waals surface area contributed by atoms with Crippen LogP contribution in [0.1, 0.15) is 31.7 Å². The van der Waals surface area contributed by atoms with Crippen molar-refractivity contribution in [3.05, 3.63) is 34.3 Å². The molecule has 1 aromatic rings. The van der Waals surface area contributed by atoms with E-state index in [1.54, 1.807) is 0 Å². The summed E-state index contributed by atoms with van der Waals surface area (Å²) in [5, 5.41) is 3.57. The van der Waals surface area contributed by atoms with E-state index in [2.05, 4.69) is 64.4 Å². The lowest BCUT2D eigenvalue weighted by Gasteiger charge is -2.40. The number of nitrogens with one attached hydrogen (secondary N) is 1. The zero-order valence-electron chi connectivity index (χ0n) is 12.1.